The van der Waals surface area contributed by atoms with Crippen LogP contribution in [0.4, 0.5) is 0 Å². The molecule has 1 aromatic carbocycles. The lowest BCUT2D eigenvalue weighted by molar-refractivity contribution is -0.137. The largest absolute Gasteiger partial charge is 0.314 e. The molecule has 0 radical (unpaired) electrons. The third kappa shape index (κ3) is 3.64. The Morgan fingerprint density at radius 2 is 1.91 bits per heavy atom. The molecule has 1 fully saturated rings. The summed E-state index contributed by atoms with van der Waals surface area (Å²) in [6.45, 7) is 9.52. The number of pyridine rings is 1. The third-order valence-electron chi connectivity index (χ3n) is 6.08. The van der Waals surface area contributed by atoms with Crippen molar-refractivity contribution in [3.05, 3.63) is 78.8 Å². The number of amides is 1. The van der Waals surface area contributed by atoms with E-state index in [0.717, 1.165) is 38.9 Å². The lowest BCUT2D eigenvalue weighted by Gasteiger charge is -2.39. The number of benzene rings is 1. The van der Waals surface area contributed by atoms with E-state index >= 15 is 0 Å². The molecule has 5 rings (SSSR count). The Labute approximate surface area is 194 Å². The monoisotopic (exact) mass is 440 g/mol. The first-order valence-corrected chi connectivity index (χ1v) is 11.1. The van der Waals surface area contributed by atoms with Crippen molar-refractivity contribution >= 4 is 22.9 Å². The van der Waals surface area contributed by atoms with Gasteiger partial charge in [0.25, 0.3) is 0 Å². The van der Waals surface area contributed by atoms with E-state index in [1.807, 2.05) is 38.2 Å². The molecule has 0 saturated carbocycles. The quantitative estimate of drug-likeness (QED) is 0.611. The lowest BCUT2D eigenvalue weighted by atomic mass is 9.75. The normalized spacial score (nSPS) is 16.8. The van der Waals surface area contributed by atoms with Crippen molar-refractivity contribution < 1.29 is 4.79 Å². The van der Waals surface area contributed by atoms with Crippen molar-refractivity contribution in [1.82, 2.24) is 25.2 Å². The molecule has 0 unspecified atom stereocenters. The predicted octanol–water partition coefficient (Wildman–Crippen LogP) is 3.79. The van der Waals surface area contributed by atoms with E-state index in [0.29, 0.717) is 19.6 Å². The fourth-order valence-corrected chi connectivity index (χ4v) is 4.53. The first-order valence-electron chi connectivity index (χ1n) is 11.1. The van der Waals surface area contributed by atoms with Crippen LogP contribution in [0, 0.1) is 5.41 Å². The summed E-state index contributed by atoms with van der Waals surface area (Å²) in [5.41, 5.74) is 3.74. The van der Waals surface area contributed by atoms with Crippen LogP contribution < -0.4 is 5.32 Å². The zero-order valence-corrected chi connectivity index (χ0v) is 19.2. The maximum absolute atomic E-state index is 13.6. The predicted molar refractivity (Wildman–Crippen MR) is 132 cm³/mol. The van der Waals surface area contributed by atoms with Gasteiger partial charge in [-0.15, -0.1) is 0 Å². The van der Waals surface area contributed by atoms with Gasteiger partial charge >= 0.3 is 0 Å². The van der Waals surface area contributed by atoms with Gasteiger partial charge in [-0.3, -0.25) is 14.8 Å². The first-order chi connectivity index (χ1) is 16.2. The number of fused-ring (bicyclic) bond motifs is 1. The van der Waals surface area contributed by atoms with Crippen molar-refractivity contribution in [2.24, 2.45) is 10.4 Å². The maximum Gasteiger partial charge on any atom is 0.240 e. The smallest absolute Gasteiger partial charge is 0.240 e. The molecule has 1 N–H and O–H groups in total. The van der Waals surface area contributed by atoms with Gasteiger partial charge in [0.1, 0.15) is 11.7 Å². The Hall–Kier alpha value is -3.71. The number of aliphatic imine (C=N–C) groups is 1. The van der Waals surface area contributed by atoms with Gasteiger partial charge in [0, 0.05) is 61.5 Å². The molecule has 7 heteroatoms. The second kappa shape index (κ2) is 9.42. The van der Waals surface area contributed by atoms with Crippen molar-refractivity contribution in [2.45, 2.75) is 20.4 Å². The summed E-state index contributed by atoms with van der Waals surface area (Å²) in [5.74, 6) is 0.0567. The highest BCUT2D eigenvalue weighted by Crippen LogP contribution is 2.44. The summed E-state index contributed by atoms with van der Waals surface area (Å²) in [6.07, 6.45) is 10.5. The molecule has 4 heterocycles. The minimum Gasteiger partial charge on any atom is -0.314 e. The molecule has 2 aromatic heterocycles. The van der Waals surface area contributed by atoms with Crippen molar-refractivity contribution in [3.63, 3.8) is 0 Å². The van der Waals surface area contributed by atoms with Gasteiger partial charge in [-0.25, -0.2) is 9.97 Å². The topological polar surface area (TPSA) is 83.4 Å². The van der Waals surface area contributed by atoms with E-state index in [1.165, 1.54) is 6.33 Å². The summed E-state index contributed by atoms with van der Waals surface area (Å²) in [6, 6.07) is 8.08. The van der Waals surface area contributed by atoms with E-state index in [1.54, 1.807) is 36.6 Å². The van der Waals surface area contributed by atoms with Gasteiger partial charge in [0.05, 0.1) is 17.9 Å². The Morgan fingerprint density at radius 3 is 2.55 bits per heavy atom. The molecule has 168 valence electrons. The Morgan fingerprint density at radius 1 is 1.18 bits per heavy atom. The SMILES string of the molecule is C=CC1=C(C=NC)N(Cc2ncc3ccccc3c2-c2cncnc2)C(=O)C12CNC2.CC. The molecule has 0 aliphatic carbocycles. The van der Waals surface area contributed by atoms with Crippen LogP contribution in [0.3, 0.4) is 0 Å². The summed E-state index contributed by atoms with van der Waals surface area (Å²) >= 11 is 0. The molecule has 33 heavy (non-hydrogen) atoms. The van der Waals surface area contributed by atoms with Gasteiger partial charge in [-0.05, 0) is 11.0 Å². The number of allylic oxidation sites excluding steroid dienone is 2. The summed E-state index contributed by atoms with van der Waals surface area (Å²) in [7, 11) is 1.71. The first kappa shape index (κ1) is 22.5. The van der Waals surface area contributed by atoms with Crippen molar-refractivity contribution in [1.29, 1.82) is 0 Å². The number of hydrogen-bond donors (Lipinski definition) is 1. The van der Waals surface area contributed by atoms with E-state index in [-0.39, 0.29) is 5.91 Å². The molecule has 1 amide bonds. The number of rotatable bonds is 5. The maximum atomic E-state index is 13.6. The number of nitrogens with one attached hydrogen (secondary N) is 1. The van der Waals surface area contributed by atoms with Crippen LogP contribution in [0.2, 0.25) is 0 Å². The lowest BCUT2D eigenvalue weighted by Crippen LogP contribution is -2.59. The van der Waals surface area contributed by atoms with Crippen molar-refractivity contribution in [3.8, 4) is 11.1 Å². The Balaban J connectivity index is 0.00000126. The number of carbonyl (C=O) groups is 1. The zero-order valence-electron chi connectivity index (χ0n) is 19.2. The minimum absolute atomic E-state index is 0.0567. The second-order valence-corrected chi connectivity index (χ2v) is 7.76. The van der Waals surface area contributed by atoms with E-state index < -0.39 is 5.41 Å². The Kier molecular flexibility index (Phi) is 6.42. The van der Waals surface area contributed by atoms with Gasteiger partial charge in [0.15, 0.2) is 0 Å². The molecule has 7 nitrogen and oxygen atoms in total. The molecule has 2 aliphatic rings. The molecule has 2 aliphatic heterocycles. The number of hydrogen-bond acceptors (Lipinski definition) is 6. The van der Waals surface area contributed by atoms with Crippen LogP contribution in [0.1, 0.15) is 19.5 Å². The summed E-state index contributed by atoms with van der Waals surface area (Å²) in [5, 5.41) is 5.31. The van der Waals surface area contributed by atoms with Gasteiger partial charge in [-0.1, -0.05) is 50.8 Å². The highest BCUT2D eigenvalue weighted by Gasteiger charge is 2.55. The van der Waals surface area contributed by atoms with Crippen LogP contribution in [0.25, 0.3) is 21.9 Å². The second-order valence-electron chi connectivity index (χ2n) is 7.76. The number of aromatic nitrogens is 3. The molecular weight excluding hydrogens is 412 g/mol. The average molecular weight is 441 g/mol. The Bertz CT molecular complexity index is 1240. The highest BCUT2D eigenvalue weighted by atomic mass is 16.2. The fraction of sp³-hybridized carbons (Fsp3) is 0.269. The molecule has 0 bridgehead atoms. The van der Waals surface area contributed by atoms with Crippen LogP contribution >= 0.6 is 0 Å². The van der Waals surface area contributed by atoms with Crippen LogP contribution in [0.5, 0.6) is 0 Å². The fourth-order valence-electron chi connectivity index (χ4n) is 4.53. The molecule has 1 saturated heterocycles. The number of carbonyl (C=O) groups excluding carboxylic acids is 1. The zero-order chi connectivity index (χ0) is 23.4. The third-order valence-corrected chi connectivity index (χ3v) is 6.08. The molecular formula is C26H28N6O. The summed E-state index contributed by atoms with van der Waals surface area (Å²) in [4.78, 5) is 32.7. The number of nitrogens with zero attached hydrogens (tertiary/aromatic N) is 5. The summed E-state index contributed by atoms with van der Waals surface area (Å²) < 4.78 is 0. The van der Waals surface area contributed by atoms with E-state index in [9.17, 15) is 4.79 Å². The van der Waals surface area contributed by atoms with Crippen molar-refractivity contribution in [2.75, 3.05) is 20.1 Å². The average Bonchev–Trinajstić information content (AvgIpc) is 3.08. The molecule has 1 spiro atoms. The highest BCUT2D eigenvalue weighted by molar-refractivity contribution is 6.02. The molecule has 0 atom stereocenters. The van der Waals surface area contributed by atoms with Crippen LogP contribution in [-0.4, -0.2) is 52.1 Å². The standard InChI is InChI=1S/C24H22N6O.C2H6/c1-3-19-21(11-25-2)30(23(31)24(19)13-28-14-24)12-20-22(17-8-26-15-27-9-17)18-7-5-4-6-16(18)10-29-20;1-2/h3-11,15,28H,1,12-14H2,2H3;1-2H3. The van der Waals surface area contributed by atoms with Gasteiger partial charge in [0.2, 0.25) is 5.91 Å². The van der Waals surface area contributed by atoms with E-state index in [4.69, 9.17) is 4.98 Å². The molecule has 3 aromatic rings. The van der Waals surface area contributed by atoms with Crippen LogP contribution in [0.15, 0.2) is 78.1 Å². The minimum atomic E-state index is -0.564. The van der Waals surface area contributed by atoms with Gasteiger partial charge in [-0.2, -0.15) is 0 Å². The van der Waals surface area contributed by atoms with Crippen LogP contribution in [-0.2, 0) is 11.3 Å². The van der Waals surface area contributed by atoms with E-state index in [2.05, 4.69) is 32.9 Å². The van der Waals surface area contributed by atoms with Gasteiger partial charge < -0.3 is 10.2 Å².